The number of hydrogen-bond acceptors (Lipinski definition) is 4. The van der Waals surface area contributed by atoms with E-state index in [2.05, 4.69) is 26.6 Å². The van der Waals surface area contributed by atoms with Crippen LogP contribution in [0.4, 0.5) is 5.69 Å². The maximum absolute atomic E-state index is 12.1. The normalized spacial score (nSPS) is 11.4. The monoisotopic (exact) mass is 406 g/mol. The van der Waals surface area contributed by atoms with E-state index in [1.165, 1.54) is 7.11 Å². The van der Waals surface area contributed by atoms with Gasteiger partial charge in [0.05, 0.1) is 20.3 Å². The fraction of sp³-hybridized carbons (Fsp3) is 0.222. The second-order valence-electron chi connectivity index (χ2n) is 5.27. The van der Waals surface area contributed by atoms with Gasteiger partial charge in [0, 0.05) is 10.2 Å². The molecule has 0 aliphatic rings. The van der Waals surface area contributed by atoms with E-state index >= 15 is 0 Å². The van der Waals surface area contributed by atoms with Crippen LogP contribution in [0.1, 0.15) is 18.5 Å². The lowest BCUT2D eigenvalue weighted by atomic mass is 10.1. The molecule has 0 radical (unpaired) electrons. The lowest BCUT2D eigenvalue weighted by Gasteiger charge is -2.16. The summed E-state index contributed by atoms with van der Waals surface area (Å²) in [6.07, 6.45) is 0. The highest BCUT2D eigenvalue weighted by molar-refractivity contribution is 9.10. The van der Waals surface area contributed by atoms with Gasteiger partial charge < -0.3 is 20.1 Å². The van der Waals surface area contributed by atoms with Crippen LogP contribution in [0.5, 0.6) is 11.5 Å². The molecule has 25 heavy (non-hydrogen) atoms. The van der Waals surface area contributed by atoms with Gasteiger partial charge in [0.1, 0.15) is 0 Å². The third kappa shape index (κ3) is 4.96. The van der Waals surface area contributed by atoms with E-state index in [1.807, 2.05) is 0 Å². The number of carbonyl (C=O) groups is 2. The Morgan fingerprint density at radius 1 is 0.960 bits per heavy atom. The van der Waals surface area contributed by atoms with Crippen LogP contribution in [-0.2, 0) is 9.59 Å². The second-order valence-corrected chi connectivity index (χ2v) is 6.19. The molecule has 0 bridgehead atoms. The van der Waals surface area contributed by atoms with Gasteiger partial charge in [-0.05, 0) is 48.9 Å². The number of benzene rings is 2. The Kier molecular flexibility index (Phi) is 6.41. The number of ether oxygens (including phenoxy) is 2. The Bertz CT molecular complexity index is 762. The van der Waals surface area contributed by atoms with Gasteiger partial charge in [0.15, 0.2) is 11.5 Å². The van der Waals surface area contributed by atoms with Crippen LogP contribution in [0.3, 0.4) is 0 Å². The van der Waals surface area contributed by atoms with Crippen molar-refractivity contribution in [3.05, 3.63) is 52.5 Å². The number of carbonyl (C=O) groups excluding carboxylic acids is 2. The Morgan fingerprint density at radius 2 is 1.60 bits per heavy atom. The van der Waals surface area contributed by atoms with Gasteiger partial charge in [-0.3, -0.25) is 9.59 Å². The number of amides is 2. The third-order valence-corrected chi connectivity index (χ3v) is 4.09. The summed E-state index contributed by atoms with van der Waals surface area (Å²) in [6.45, 7) is 1.78. The second kappa shape index (κ2) is 8.53. The van der Waals surface area contributed by atoms with Gasteiger partial charge in [-0.15, -0.1) is 0 Å². The minimum absolute atomic E-state index is 0.372. The standard InChI is InChI=1S/C18H19BrN2O4/c1-11(12-4-9-15(24-2)16(10-12)25-3)20-17(22)18(23)21-14-7-5-13(19)6-8-14/h4-11H,1-3H3,(H,20,22)(H,21,23). The predicted octanol–water partition coefficient (Wildman–Crippen LogP) is 3.28. The van der Waals surface area contributed by atoms with Gasteiger partial charge in [-0.25, -0.2) is 0 Å². The number of hydrogen-bond donors (Lipinski definition) is 2. The van der Waals surface area contributed by atoms with Crippen molar-refractivity contribution in [1.29, 1.82) is 0 Å². The topological polar surface area (TPSA) is 76.7 Å². The van der Waals surface area contributed by atoms with Crippen molar-refractivity contribution in [2.75, 3.05) is 19.5 Å². The Morgan fingerprint density at radius 3 is 2.20 bits per heavy atom. The Labute approximate surface area is 154 Å². The van der Waals surface area contributed by atoms with Crippen molar-refractivity contribution in [2.45, 2.75) is 13.0 Å². The lowest BCUT2D eigenvalue weighted by Crippen LogP contribution is -2.36. The van der Waals surface area contributed by atoms with Crippen molar-refractivity contribution in [2.24, 2.45) is 0 Å². The van der Waals surface area contributed by atoms with Crippen LogP contribution in [-0.4, -0.2) is 26.0 Å². The summed E-state index contributed by atoms with van der Waals surface area (Å²) in [4.78, 5) is 24.1. The molecule has 0 aliphatic heterocycles. The molecule has 0 aliphatic carbocycles. The van der Waals surface area contributed by atoms with Crippen molar-refractivity contribution in [3.8, 4) is 11.5 Å². The van der Waals surface area contributed by atoms with Gasteiger partial charge >= 0.3 is 11.8 Å². The third-order valence-electron chi connectivity index (χ3n) is 3.56. The lowest BCUT2D eigenvalue weighted by molar-refractivity contribution is -0.136. The maximum Gasteiger partial charge on any atom is 0.313 e. The van der Waals surface area contributed by atoms with E-state index in [0.29, 0.717) is 17.2 Å². The molecule has 0 fully saturated rings. The summed E-state index contributed by atoms with van der Waals surface area (Å²) in [6, 6.07) is 11.9. The summed E-state index contributed by atoms with van der Waals surface area (Å²) < 4.78 is 11.3. The predicted molar refractivity (Wildman–Crippen MR) is 98.9 cm³/mol. The average Bonchev–Trinajstić information content (AvgIpc) is 2.62. The molecular formula is C18H19BrN2O4. The molecule has 7 heteroatoms. The van der Waals surface area contributed by atoms with E-state index < -0.39 is 11.8 Å². The Hall–Kier alpha value is -2.54. The fourth-order valence-electron chi connectivity index (χ4n) is 2.19. The molecule has 0 heterocycles. The molecule has 0 spiro atoms. The highest BCUT2D eigenvalue weighted by atomic mass is 79.9. The van der Waals surface area contributed by atoms with Crippen molar-refractivity contribution in [1.82, 2.24) is 5.32 Å². The molecule has 2 N–H and O–H groups in total. The van der Waals surface area contributed by atoms with E-state index in [0.717, 1.165) is 10.0 Å². The molecule has 2 rings (SSSR count). The van der Waals surface area contributed by atoms with Crippen LogP contribution in [0.15, 0.2) is 46.9 Å². The molecule has 2 aromatic rings. The summed E-state index contributed by atoms with van der Waals surface area (Å²) in [7, 11) is 3.09. The molecule has 132 valence electrons. The maximum atomic E-state index is 12.1. The summed E-state index contributed by atoms with van der Waals surface area (Å²) in [5.41, 5.74) is 1.34. The molecule has 0 aromatic heterocycles. The van der Waals surface area contributed by atoms with Crippen molar-refractivity contribution in [3.63, 3.8) is 0 Å². The van der Waals surface area contributed by atoms with Crippen LogP contribution >= 0.6 is 15.9 Å². The van der Waals surface area contributed by atoms with Gasteiger partial charge in [-0.2, -0.15) is 0 Å². The number of rotatable bonds is 5. The quantitative estimate of drug-likeness (QED) is 0.746. The first-order valence-electron chi connectivity index (χ1n) is 7.54. The van der Waals surface area contributed by atoms with Gasteiger partial charge in [0.2, 0.25) is 0 Å². The number of halogens is 1. The summed E-state index contributed by atoms with van der Waals surface area (Å²) >= 11 is 3.31. The first kappa shape index (κ1) is 18.8. The van der Waals surface area contributed by atoms with Crippen molar-refractivity contribution < 1.29 is 19.1 Å². The highest BCUT2D eigenvalue weighted by Gasteiger charge is 2.18. The zero-order valence-corrected chi connectivity index (χ0v) is 15.7. The van der Waals surface area contributed by atoms with Crippen LogP contribution in [0.2, 0.25) is 0 Å². The Balaban J connectivity index is 2.01. The van der Waals surface area contributed by atoms with E-state index in [1.54, 1.807) is 56.5 Å². The molecular weight excluding hydrogens is 388 g/mol. The molecule has 2 aromatic carbocycles. The number of methoxy groups -OCH3 is 2. The van der Waals surface area contributed by atoms with Crippen molar-refractivity contribution >= 4 is 33.4 Å². The molecule has 1 atom stereocenters. The van der Waals surface area contributed by atoms with Gasteiger partial charge in [0.25, 0.3) is 0 Å². The number of nitrogens with one attached hydrogen (secondary N) is 2. The molecule has 0 saturated heterocycles. The first-order chi connectivity index (χ1) is 11.9. The largest absolute Gasteiger partial charge is 0.493 e. The molecule has 6 nitrogen and oxygen atoms in total. The van der Waals surface area contributed by atoms with E-state index in [9.17, 15) is 9.59 Å². The minimum atomic E-state index is -0.727. The molecule has 1 unspecified atom stereocenters. The summed E-state index contributed by atoms with van der Waals surface area (Å²) in [5.74, 6) is -0.293. The minimum Gasteiger partial charge on any atom is -0.493 e. The van der Waals surface area contributed by atoms with Crippen LogP contribution in [0.25, 0.3) is 0 Å². The summed E-state index contributed by atoms with van der Waals surface area (Å²) in [5, 5.41) is 5.21. The molecule has 0 saturated carbocycles. The van der Waals surface area contributed by atoms with Gasteiger partial charge in [-0.1, -0.05) is 22.0 Å². The van der Waals surface area contributed by atoms with Crippen LogP contribution in [0, 0.1) is 0 Å². The highest BCUT2D eigenvalue weighted by Crippen LogP contribution is 2.29. The zero-order chi connectivity index (χ0) is 18.4. The SMILES string of the molecule is COc1ccc(C(C)NC(=O)C(=O)Nc2ccc(Br)cc2)cc1OC. The van der Waals surface area contributed by atoms with Crippen LogP contribution < -0.4 is 20.1 Å². The smallest absolute Gasteiger partial charge is 0.313 e. The van der Waals surface area contributed by atoms with E-state index in [4.69, 9.17) is 9.47 Å². The number of anilines is 1. The first-order valence-corrected chi connectivity index (χ1v) is 8.33. The van der Waals surface area contributed by atoms with E-state index in [-0.39, 0.29) is 6.04 Å². The molecule has 2 amide bonds. The fourth-order valence-corrected chi connectivity index (χ4v) is 2.45. The zero-order valence-electron chi connectivity index (χ0n) is 14.1. The average molecular weight is 407 g/mol.